The minimum atomic E-state index is -0.258. The Morgan fingerprint density at radius 2 is 0.976 bits per heavy atom. The van der Waals surface area contributed by atoms with Gasteiger partial charge in [-0.25, -0.2) is 25.1 Å². The summed E-state index contributed by atoms with van der Waals surface area (Å²) in [4.78, 5) is 10.2. The van der Waals surface area contributed by atoms with E-state index in [1.165, 1.54) is 0 Å². The molecule has 186 valence electrons. The van der Waals surface area contributed by atoms with E-state index in [4.69, 9.17) is 19.7 Å². The van der Waals surface area contributed by atoms with Gasteiger partial charge < -0.3 is 0 Å². The first-order valence-electron chi connectivity index (χ1n) is 12.0. The van der Waals surface area contributed by atoms with Gasteiger partial charge in [0.15, 0.2) is 5.69 Å². The molecule has 0 radical (unpaired) electrons. The minimum absolute atomic E-state index is 0.165. The lowest BCUT2D eigenvalue weighted by atomic mass is 9.91. The van der Waals surface area contributed by atoms with Crippen molar-refractivity contribution in [3.05, 3.63) is 145 Å². The fraction of sp³-hybridized carbons (Fsp3) is 0. The third kappa shape index (κ3) is 3.78. The summed E-state index contributed by atoms with van der Waals surface area (Å²) in [6.07, 6.45) is 0. The Morgan fingerprint density at radius 1 is 0.548 bits per heavy atom. The summed E-state index contributed by atoms with van der Waals surface area (Å²) in [5, 5.41) is 49.7. The molecular weight excluding hydrogens is 520 g/mol. The van der Waals surface area contributed by atoms with Gasteiger partial charge in [-0.1, -0.05) is 36.4 Å². The normalized spacial score (nSPS) is 14.9. The second-order valence-electron chi connectivity index (χ2n) is 8.91. The molecule has 0 heterocycles. The second kappa shape index (κ2) is 10.4. The van der Waals surface area contributed by atoms with Gasteiger partial charge >= 0.3 is 0 Å². The van der Waals surface area contributed by atoms with Crippen LogP contribution in [0.1, 0.15) is 38.9 Å². The van der Waals surface area contributed by atoms with Crippen molar-refractivity contribution >= 4 is 39.1 Å². The summed E-state index contributed by atoms with van der Waals surface area (Å²) in [7, 11) is 0. The van der Waals surface area contributed by atoms with Crippen LogP contribution in [0.2, 0.25) is 0 Å². The van der Waals surface area contributed by atoms with Crippen molar-refractivity contribution in [2.75, 3.05) is 0 Å². The van der Waals surface area contributed by atoms with Crippen LogP contribution >= 0.6 is 0 Å². The number of nitriles is 5. The Bertz CT molecular complexity index is 2040. The van der Waals surface area contributed by atoms with Gasteiger partial charge in [-0.05, 0) is 57.7 Å². The Hall–Kier alpha value is -7.46. The molecular formula is C34H10N8. The van der Waals surface area contributed by atoms with Crippen LogP contribution in [0.5, 0.6) is 0 Å². The van der Waals surface area contributed by atoms with Crippen molar-refractivity contribution in [2.45, 2.75) is 0 Å². The molecule has 0 amide bonds. The van der Waals surface area contributed by atoms with E-state index >= 15 is 0 Å². The van der Waals surface area contributed by atoms with Gasteiger partial charge in [-0.2, -0.15) is 15.8 Å². The highest BCUT2D eigenvalue weighted by Crippen LogP contribution is 2.54. The number of allylic oxidation sites excluding steroid dienone is 8. The molecule has 0 saturated heterocycles. The Labute approximate surface area is 240 Å². The van der Waals surface area contributed by atoms with Gasteiger partial charge in [0.25, 0.3) is 11.4 Å². The van der Waals surface area contributed by atoms with Crippen molar-refractivity contribution in [1.82, 2.24) is 0 Å². The molecule has 0 aliphatic heterocycles. The van der Waals surface area contributed by atoms with Crippen LogP contribution in [0, 0.1) is 76.4 Å². The molecule has 8 nitrogen and oxygen atoms in total. The van der Waals surface area contributed by atoms with Crippen LogP contribution < -0.4 is 0 Å². The van der Waals surface area contributed by atoms with Gasteiger partial charge in [0.1, 0.15) is 12.1 Å². The monoisotopic (exact) mass is 530 g/mol. The Morgan fingerprint density at radius 3 is 1.31 bits per heavy atom. The number of benzene rings is 3. The lowest BCUT2D eigenvalue weighted by Crippen LogP contribution is -1.94. The molecule has 3 aromatic rings. The largest absolute Gasteiger partial charge is 0.270 e. The van der Waals surface area contributed by atoms with Gasteiger partial charge in [0, 0.05) is 22.3 Å². The molecule has 0 fully saturated rings. The summed E-state index contributed by atoms with van der Waals surface area (Å²) in [5.41, 5.74) is 4.26. The average Bonchev–Trinajstić information content (AvgIpc) is 3.53. The standard InChI is InChI=1S/C34H10N8/c1-40-22-10-8-21(9-11-22)32-28(16-37)24-13-25-23(12-26(24)34(32)30(18-39)42-3)27(15-36)31(33(25)29(17-38)41-2)20-6-4-19(14-35)5-7-20/h4-13H/b33-29+,34-30-. The summed E-state index contributed by atoms with van der Waals surface area (Å²) < 4.78 is 0. The maximum absolute atomic E-state index is 10.3. The number of hydrogen-bond donors (Lipinski definition) is 0. The summed E-state index contributed by atoms with van der Waals surface area (Å²) in [5.74, 6) is 0. The van der Waals surface area contributed by atoms with Crippen LogP contribution in [0.3, 0.4) is 0 Å². The van der Waals surface area contributed by atoms with Crippen LogP contribution in [-0.4, -0.2) is 0 Å². The summed E-state index contributed by atoms with van der Waals surface area (Å²) in [6.45, 7) is 22.6. The zero-order chi connectivity index (χ0) is 30.0. The summed E-state index contributed by atoms with van der Waals surface area (Å²) >= 11 is 0. The zero-order valence-electron chi connectivity index (χ0n) is 21.4. The van der Waals surface area contributed by atoms with E-state index in [0.717, 1.165) is 0 Å². The lowest BCUT2D eigenvalue weighted by Gasteiger charge is -2.11. The van der Waals surface area contributed by atoms with Crippen molar-refractivity contribution in [1.29, 1.82) is 26.3 Å². The van der Waals surface area contributed by atoms with E-state index in [0.29, 0.717) is 55.8 Å². The van der Waals surface area contributed by atoms with Crippen LogP contribution in [0.15, 0.2) is 72.1 Å². The maximum atomic E-state index is 10.3. The average molecular weight is 531 g/mol. The number of nitrogens with zero attached hydrogens (tertiary/aromatic N) is 8. The molecule has 0 bridgehead atoms. The maximum Gasteiger partial charge on any atom is 0.270 e. The highest BCUT2D eigenvalue weighted by Gasteiger charge is 2.36. The van der Waals surface area contributed by atoms with Crippen molar-refractivity contribution in [3.8, 4) is 30.3 Å². The number of hydrogen-bond acceptors (Lipinski definition) is 5. The van der Waals surface area contributed by atoms with Crippen molar-refractivity contribution in [3.63, 3.8) is 0 Å². The number of fused-ring (bicyclic) bond motifs is 2. The van der Waals surface area contributed by atoms with Gasteiger partial charge in [0.05, 0.1) is 54.6 Å². The molecule has 2 aliphatic carbocycles. The molecule has 42 heavy (non-hydrogen) atoms. The lowest BCUT2D eigenvalue weighted by molar-refractivity contribution is 1.47. The topological polar surface area (TPSA) is 132 Å². The predicted octanol–water partition coefficient (Wildman–Crippen LogP) is 7.31. The zero-order valence-corrected chi connectivity index (χ0v) is 21.4. The van der Waals surface area contributed by atoms with E-state index < -0.39 is 0 Å². The third-order valence-electron chi connectivity index (χ3n) is 6.96. The first-order valence-corrected chi connectivity index (χ1v) is 12.0. The molecule has 3 aromatic carbocycles. The number of rotatable bonds is 2. The van der Waals surface area contributed by atoms with Crippen LogP contribution in [-0.2, 0) is 0 Å². The first kappa shape index (κ1) is 26.2. The highest BCUT2D eigenvalue weighted by molar-refractivity contribution is 6.29. The first-order chi connectivity index (χ1) is 20.5. The van der Waals surface area contributed by atoms with E-state index in [-0.39, 0.29) is 33.7 Å². The molecule has 0 aromatic heterocycles. The molecule has 0 spiro atoms. The van der Waals surface area contributed by atoms with Gasteiger partial charge in [0.2, 0.25) is 0 Å². The van der Waals surface area contributed by atoms with Gasteiger partial charge in [-0.15, -0.1) is 0 Å². The third-order valence-corrected chi connectivity index (χ3v) is 6.96. The molecule has 8 heteroatoms. The summed E-state index contributed by atoms with van der Waals surface area (Å²) in [6, 6.07) is 26.3. The molecule has 0 unspecified atom stereocenters. The molecule has 5 rings (SSSR count). The Kier molecular flexibility index (Phi) is 6.45. The highest BCUT2D eigenvalue weighted by atomic mass is 14.7. The van der Waals surface area contributed by atoms with E-state index in [1.807, 2.05) is 18.2 Å². The van der Waals surface area contributed by atoms with Crippen LogP contribution in [0.25, 0.3) is 48.0 Å². The van der Waals surface area contributed by atoms with Crippen molar-refractivity contribution in [2.24, 2.45) is 0 Å². The van der Waals surface area contributed by atoms with E-state index in [1.54, 1.807) is 60.7 Å². The van der Waals surface area contributed by atoms with Crippen LogP contribution in [0.4, 0.5) is 5.69 Å². The van der Waals surface area contributed by atoms with Crippen molar-refractivity contribution < 1.29 is 0 Å². The fourth-order valence-corrected chi connectivity index (χ4v) is 5.20. The quantitative estimate of drug-likeness (QED) is 0.253. The molecule has 2 aliphatic rings. The minimum Gasteiger partial charge on any atom is -0.238 e. The molecule has 0 atom stereocenters. The second-order valence-corrected chi connectivity index (χ2v) is 8.91. The smallest absolute Gasteiger partial charge is 0.238 e. The molecule has 0 N–H and O–H groups in total. The van der Waals surface area contributed by atoms with E-state index in [2.05, 4.69) is 26.7 Å². The Balaban J connectivity index is 1.90. The fourth-order valence-electron chi connectivity index (χ4n) is 5.20. The SMILES string of the molecule is [C-]#[N+]/C(C#N)=C1\C(c2ccc([N+]#[C-])cc2)=C(C#N)c2cc3c(cc21)C(C#N)=C(c1ccc(C#N)cc1)/C3=C(\C#N)[N+]#[C-]. The van der Waals surface area contributed by atoms with E-state index in [9.17, 15) is 26.3 Å². The molecule has 0 saturated carbocycles. The van der Waals surface area contributed by atoms with Gasteiger partial charge in [-0.3, -0.25) is 0 Å². The predicted molar refractivity (Wildman–Crippen MR) is 153 cm³/mol.